The van der Waals surface area contributed by atoms with Crippen molar-refractivity contribution in [2.75, 3.05) is 0 Å². The molecule has 1 atom stereocenters. The molecule has 1 aliphatic carbocycles. The van der Waals surface area contributed by atoms with Gasteiger partial charge in [0.05, 0.1) is 6.10 Å². The standard InChI is InChI=1S/C16H24FNO/c1-11(2)19-16-9-8-13(10-15(16)17)12(3)18-14-6-4-5-7-14/h8-12,14,18H,4-7H2,1-3H3/t12-/m1/s1. The van der Waals surface area contributed by atoms with Crippen LogP contribution in [-0.2, 0) is 0 Å². The number of benzene rings is 1. The van der Waals surface area contributed by atoms with Crippen molar-refractivity contribution in [1.82, 2.24) is 5.32 Å². The van der Waals surface area contributed by atoms with E-state index in [2.05, 4.69) is 12.2 Å². The molecule has 2 nitrogen and oxygen atoms in total. The molecule has 1 fully saturated rings. The van der Waals surface area contributed by atoms with Gasteiger partial charge in [-0.05, 0) is 51.3 Å². The Kier molecular flexibility index (Phi) is 4.81. The second-order valence-corrected chi connectivity index (χ2v) is 5.73. The fraction of sp³-hybridized carbons (Fsp3) is 0.625. The number of nitrogens with one attached hydrogen (secondary N) is 1. The first-order valence-corrected chi connectivity index (χ1v) is 7.28. The van der Waals surface area contributed by atoms with Crippen LogP contribution in [0.1, 0.15) is 58.1 Å². The maximum absolute atomic E-state index is 13.9. The lowest BCUT2D eigenvalue weighted by molar-refractivity contribution is 0.231. The van der Waals surface area contributed by atoms with Gasteiger partial charge in [0.15, 0.2) is 11.6 Å². The molecule has 0 bridgehead atoms. The summed E-state index contributed by atoms with van der Waals surface area (Å²) in [5.74, 6) is 0.0677. The van der Waals surface area contributed by atoms with E-state index < -0.39 is 0 Å². The second kappa shape index (κ2) is 6.38. The predicted octanol–water partition coefficient (Wildman–Crippen LogP) is 4.21. The lowest BCUT2D eigenvalue weighted by Gasteiger charge is -2.20. The van der Waals surface area contributed by atoms with E-state index in [9.17, 15) is 4.39 Å². The Bertz CT molecular complexity index is 413. The summed E-state index contributed by atoms with van der Waals surface area (Å²) in [6, 6.07) is 6.05. The molecule has 1 aliphatic rings. The molecule has 1 saturated carbocycles. The van der Waals surface area contributed by atoms with Crippen LogP contribution < -0.4 is 10.1 Å². The Morgan fingerprint density at radius 2 is 1.89 bits per heavy atom. The summed E-state index contributed by atoms with van der Waals surface area (Å²) in [5.41, 5.74) is 0.987. The Labute approximate surface area is 115 Å². The monoisotopic (exact) mass is 265 g/mol. The van der Waals surface area contributed by atoms with E-state index in [1.165, 1.54) is 25.7 Å². The zero-order valence-corrected chi connectivity index (χ0v) is 12.1. The molecule has 1 aromatic rings. The predicted molar refractivity (Wildman–Crippen MR) is 76.0 cm³/mol. The summed E-state index contributed by atoms with van der Waals surface area (Å²) < 4.78 is 19.3. The average molecular weight is 265 g/mol. The maximum atomic E-state index is 13.9. The summed E-state index contributed by atoms with van der Waals surface area (Å²) in [6.07, 6.45) is 5.08. The van der Waals surface area contributed by atoms with Gasteiger partial charge in [-0.3, -0.25) is 0 Å². The molecule has 3 heteroatoms. The van der Waals surface area contributed by atoms with Crippen LogP contribution in [0.3, 0.4) is 0 Å². The van der Waals surface area contributed by atoms with Crippen molar-refractivity contribution < 1.29 is 9.13 Å². The minimum absolute atomic E-state index is 0.00520. The molecule has 1 N–H and O–H groups in total. The maximum Gasteiger partial charge on any atom is 0.165 e. The highest BCUT2D eigenvalue weighted by Gasteiger charge is 2.18. The molecule has 0 unspecified atom stereocenters. The van der Waals surface area contributed by atoms with E-state index >= 15 is 0 Å². The smallest absolute Gasteiger partial charge is 0.165 e. The van der Waals surface area contributed by atoms with E-state index in [1.807, 2.05) is 19.9 Å². The van der Waals surface area contributed by atoms with Crippen LogP contribution in [-0.4, -0.2) is 12.1 Å². The van der Waals surface area contributed by atoms with Crippen LogP contribution in [0.15, 0.2) is 18.2 Å². The van der Waals surface area contributed by atoms with Crippen LogP contribution in [0.4, 0.5) is 4.39 Å². The van der Waals surface area contributed by atoms with Crippen LogP contribution in [0.25, 0.3) is 0 Å². The molecule has 0 heterocycles. The molecule has 2 rings (SSSR count). The number of hydrogen-bond donors (Lipinski definition) is 1. The Hall–Kier alpha value is -1.09. The highest BCUT2D eigenvalue weighted by atomic mass is 19.1. The Morgan fingerprint density at radius 3 is 2.47 bits per heavy atom. The molecule has 1 aromatic carbocycles. The molecule has 0 amide bonds. The van der Waals surface area contributed by atoms with Crippen molar-refractivity contribution in [1.29, 1.82) is 0 Å². The summed E-state index contributed by atoms with van der Waals surface area (Å²) in [6.45, 7) is 5.89. The zero-order chi connectivity index (χ0) is 13.8. The van der Waals surface area contributed by atoms with E-state index in [0.717, 1.165) is 5.56 Å². The first-order valence-electron chi connectivity index (χ1n) is 7.28. The summed E-state index contributed by atoms with van der Waals surface area (Å²) in [7, 11) is 0. The highest BCUT2D eigenvalue weighted by molar-refractivity contribution is 5.31. The minimum Gasteiger partial charge on any atom is -0.488 e. The van der Waals surface area contributed by atoms with Gasteiger partial charge in [0.1, 0.15) is 0 Å². The quantitative estimate of drug-likeness (QED) is 0.861. The summed E-state index contributed by atoms with van der Waals surface area (Å²) >= 11 is 0. The van der Waals surface area contributed by atoms with Crippen molar-refractivity contribution >= 4 is 0 Å². The van der Waals surface area contributed by atoms with Crippen molar-refractivity contribution in [3.63, 3.8) is 0 Å². The molecule has 0 saturated heterocycles. The van der Waals surface area contributed by atoms with Gasteiger partial charge in [0.2, 0.25) is 0 Å². The SMILES string of the molecule is CC(C)Oc1ccc([C@@H](C)NC2CCCC2)cc1F. The second-order valence-electron chi connectivity index (χ2n) is 5.73. The van der Waals surface area contributed by atoms with Gasteiger partial charge in [-0.1, -0.05) is 18.9 Å². The Morgan fingerprint density at radius 1 is 1.21 bits per heavy atom. The highest BCUT2D eigenvalue weighted by Crippen LogP contribution is 2.25. The first kappa shape index (κ1) is 14.3. The molecule has 0 aromatic heterocycles. The van der Waals surface area contributed by atoms with Gasteiger partial charge < -0.3 is 10.1 Å². The van der Waals surface area contributed by atoms with Crippen molar-refractivity contribution in [2.24, 2.45) is 0 Å². The fourth-order valence-electron chi connectivity index (χ4n) is 2.68. The minimum atomic E-state index is -0.272. The molecule has 0 spiro atoms. The molecule has 0 aliphatic heterocycles. The number of hydrogen-bond acceptors (Lipinski definition) is 2. The van der Waals surface area contributed by atoms with Gasteiger partial charge >= 0.3 is 0 Å². The van der Waals surface area contributed by atoms with Gasteiger partial charge in [-0.15, -0.1) is 0 Å². The lowest BCUT2D eigenvalue weighted by atomic mass is 10.1. The third-order valence-electron chi connectivity index (χ3n) is 3.66. The summed E-state index contributed by atoms with van der Waals surface area (Å²) in [5, 5.41) is 3.58. The first-order chi connectivity index (χ1) is 9.06. The third-order valence-corrected chi connectivity index (χ3v) is 3.66. The van der Waals surface area contributed by atoms with E-state index in [-0.39, 0.29) is 18.0 Å². The number of halogens is 1. The number of ether oxygens (including phenoxy) is 1. The fourth-order valence-corrected chi connectivity index (χ4v) is 2.68. The van der Waals surface area contributed by atoms with Crippen LogP contribution in [0.5, 0.6) is 5.75 Å². The van der Waals surface area contributed by atoms with E-state index in [1.54, 1.807) is 12.1 Å². The summed E-state index contributed by atoms with van der Waals surface area (Å²) in [4.78, 5) is 0. The topological polar surface area (TPSA) is 21.3 Å². The zero-order valence-electron chi connectivity index (χ0n) is 12.1. The normalized spacial score (nSPS) is 17.9. The Balaban J connectivity index is 2.01. The van der Waals surface area contributed by atoms with Crippen LogP contribution in [0.2, 0.25) is 0 Å². The van der Waals surface area contributed by atoms with Crippen molar-refractivity contribution in [3.8, 4) is 5.75 Å². The van der Waals surface area contributed by atoms with Gasteiger partial charge in [0.25, 0.3) is 0 Å². The van der Waals surface area contributed by atoms with Gasteiger partial charge in [-0.25, -0.2) is 4.39 Å². The van der Waals surface area contributed by atoms with Crippen LogP contribution >= 0.6 is 0 Å². The molecular formula is C16H24FNO. The van der Waals surface area contributed by atoms with Gasteiger partial charge in [-0.2, -0.15) is 0 Å². The molecule has 0 radical (unpaired) electrons. The van der Waals surface area contributed by atoms with E-state index in [4.69, 9.17) is 4.74 Å². The van der Waals surface area contributed by atoms with Crippen molar-refractivity contribution in [2.45, 2.75) is 64.6 Å². The molecule has 19 heavy (non-hydrogen) atoms. The average Bonchev–Trinajstić information content (AvgIpc) is 2.84. The molecular weight excluding hydrogens is 241 g/mol. The largest absolute Gasteiger partial charge is 0.488 e. The van der Waals surface area contributed by atoms with Crippen molar-refractivity contribution in [3.05, 3.63) is 29.6 Å². The van der Waals surface area contributed by atoms with E-state index in [0.29, 0.717) is 11.8 Å². The third kappa shape index (κ3) is 3.93. The van der Waals surface area contributed by atoms with Crippen LogP contribution in [0, 0.1) is 5.82 Å². The number of rotatable bonds is 5. The van der Waals surface area contributed by atoms with Gasteiger partial charge in [0, 0.05) is 12.1 Å². The molecule has 106 valence electrons. The lowest BCUT2D eigenvalue weighted by Crippen LogP contribution is -2.28.